The third kappa shape index (κ3) is 7.89. The van der Waals surface area contributed by atoms with E-state index < -0.39 is 6.04 Å². The van der Waals surface area contributed by atoms with Crippen molar-refractivity contribution in [3.8, 4) is 5.75 Å². The number of rotatable bonds is 11. The third-order valence-corrected chi connectivity index (χ3v) is 6.76. The average molecular weight is 548 g/mol. The monoisotopic (exact) mass is 546 g/mol. The smallest absolute Gasteiger partial charge is 0.261 e. The van der Waals surface area contributed by atoms with Gasteiger partial charge in [-0.15, -0.1) is 0 Å². The molecule has 1 N–H and O–H groups in total. The maximum absolute atomic E-state index is 13.6. The molecule has 2 amide bonds. The van der Waals surface area contributed by atoms with Gasteiger partial charge in [0.1, 0.15) is 11.8 Å². The first-order valence-electron chi connectivity index (χ1n) is 11.7. The van der Waals surface area contributed by atoms with Crippen molar-refractivity contribution in [1.82, 2.24) is 10.2 Å². The van der Waals surface area contributed by atoms with Crippen LogP contribution in [0.3, 0.4) is 0 Å². The quantitative estimate of drug-likeness (QED) is 0.295. The highest BCUT2D eigenvalue weighted by Crippen LogP contribution is 2.27. The van der Waals surface area contributed by atoms with Crippen LogP contribution in [0.15, 0.2) is 72.8 Å². The van der Waals surface area contributed by atoms with Gasteiger partial charge in [0.2, 0.25) is 5.91 Å². The van der Waals surface area contributed by atoms with Crippen molar-refractivity contribution in [2.75, 3.05) is 6.61 Å². The molecule has 0 aliphatic rings. The zero-order chi connectivity index (χ0) is 26.1. The SMILES string of the molecule is CC[C@H](C)NC(=O)[C@H](Cc1ccccc1)N(Cc1c(Cl)cccc1Cl)C(=O)COc1cccc(Cl)c1. The molecule has 0 fully saturated rings. The van der Waals surface area contributed by atoms with Gasteiger partial charge in [-0.25, -0.2) is 0 Å². The van der Waals surface area contributed by atoms with E-state index in [1.54, 1.807) is 42.5 Å². The van der Waals surface area contributed by atoms with Gasteiger partial charge >= 0.3 is 0 Å². The van der Waals surface area contributed by atoms with Gasteiger partial charge < -0.3 is 15.0 Å². The molecule has 0 aromatic heterocycles. The largest absolute Gasteiger partial charge is 0.484 e. The zero-order valence-electron chi connectivity index (χ0n) is 20.2. The minimum Gasteiger partial charge on any atom is -0.484 e. The Hall–Kier alpha value is -2.73. The summed E-state index contributed by atoms with van der Waals surface area (Å²) in [6.45, 7) is 3.67. The number of carbonyl (C=O) groups excluding carboxylic acids is 2. The molecule has 0 saturated carbocycles. The summed E-state index contributed by atoms with van der Waals surface area (Å²) >= 11 is 19.0. The molecule has 0 radical (unpaired) electrons. The summed E-state index contributed by atoms with van der Waals surface area (Å²) in [6, 6.07) is 20.6. The number of halogens is 3. The molecule has 0 aliphatic carbocycles. The fourth-order valence-corrected chi connectivity index (χ4v) is 4.33. The van der Waals surface area contributed by atoms with E-state index in [2.05, 4.69) is 5.32 Å². The first kappa shape index (κ1) is 27.9. The number of carbonyl (C=O) groups is 2. The number of hydrogen-bond donors (Lipinski definition) is 1. The molecule has 0 spiro atoms. The van der Waals surface area contributed by atoms with E-state index in [0.717, 1.165) is 12.0 Å². The van der Waals surface area contributed by atoms with Gasteiger partial charge in [-0.1, -0.05) is 84.2 Å². The topological polar surface area (TPSA) is 58.6 Å². The fraction of sp³-hybridized carbons (Fsp3) is 0.286. The molecule has 5 nitrogen and oxygen atoms in total. The Labute approximate surface area is 227 Å². The lowest BCUT2D eigenvalue weighted by Gasteiger charge is -2.32. The third-order valence-electron chi connectivity index (χ3n) is 5.82. The van der Waals surface area contributed by atoms with E-state index in [9.17, 15) is 9.59 Å². The molecule has 0 heterocycles. The van der Waals surface area contributed by atoms with Gasteiger partial charge in [0.25, 0.3) is 5.91 Å². The summed E-state index contributed by atoms with van der Waals surface area (Å²) < 4.78 is 5.74. The molecular weight excluding hydrogens is 519 g/mol. The first-order valence-corrected chi connectivity index (χ1v) is 12.9. The van der Waals surface area contributed by atoms with Crippen LogP contribution in [0.25, 0.3) is 0 Å². The van der Waals surface area contributed by atoms with Gasteiger partial charge in [0, 0.05) is 39.6 Å². The van der Waals surface area contributed by atoms with Crippen LogP contribution in [-0.4, -0.2) is 35.4 Å². The Morgan fingerprint density at radius 3 is 2.25 bits per heavy atom. The van der Waals surface area contributed by atoms with Gasteiger partial charge in [0.15, 0.2) is 6.61 Å². The molecule has 0 bridgehead atoms. The van der Waals surface area contributed by atoms with Crippen LogP contribution in [0.1, 0.15) is 31.4 Å². The Balaban J connectivity index is 1.96. The van der Waals surface area contributed by atoms with E-state index >= 15 is 0 Å². The molecule has 36 heavy (non-hydrogen) atoms. The van der Waals surface area contributed by atoms with Crippen molar-refractivity contribution in [2.45, 2.75) is 45.3 Å². The molecule has 190 valence electrons. The summed E-state index contributed by atoms with van der Waals surface area (Å²) in [5, 5.41) is 4.35. The van der Waals surface area contributed by atoms with Crippen molar-refractivity contribution in [1.29, 1.82) is 0 Å². The minimum atomic E-state index is -0.816. The number of amides is 2. The minimum absolute atomic E-state index is 0.0433. The van der Waals surface area contributed by atoms with Crippen LogP contribution in [0.4, 0.5) is 0 Å². The summed E-state index contributed by atoms with van der Waals surface area (Å²) in [4.78, 5) is 28.6. The molecule has 3 aromatic rings. The first-order chi connectivity index (χ1) is 17.3. The second-order valence-electron chi connectivity index (χ2n) is 8.49. The van der Waals surface area contributed by atoms with E-state index in [0.29, 0.717) is 32.8 Å². The normalized spacial score (nSPS) is 12.5. The van der Waals surface area contributed by atoms with E-state index in [1.807, 2.05) is 44.2 Å². The molecule has 8 heteroatoms. The highest BCUT2D eigenvalue weighted by molar-refractivity contribution is 6.36. The zero-order valence-corrected chi connectivity index (χ0v) is 22.5. The number of hydrogen-bond acceptors (Lipinski definition) is 3. The fourth-order valence-electron chi connectivity index (χ4n) is 3.63. The molecule has 2 atom stereocenters. The van der Waals surface area contributed by atoms with E-state index in [-0.39, 0.29) is 31.0 Å². The van der Waals surface area contributed by atoms with Crippen LogP contribution in [0.2, 0.25) is 15.1 Å². The van der Waals surface area contributed by atoms with Gasteiger partial charge in [-0.3, -0.25) is 9.59 Å². The molecular formula is C28H29Cl3N2O3. The van der Waals surface area contributed by atoms with Crippen molar-refractivity contribution in [3.05, 3.63) is 99.0 Å². The number of ether oxygens (including phenoxy) is 1. The molecule has 0 unspecified atom stereocenters. The Morgan fingerprint density at radius 2 is 1.61 bits per heavy atom. The predicted molar refractivity (Wildman–Crippen MR) is 146 cm³/mol. The lowest BCUT2D eigenvalue weighted by molar-refractivity contribution is -0.143. The lowest BCUT2D eigenvalue weighted by Crippen LogP contribution is -2.53. The molecule has 0 aliphatic heterocycles. The Bertz CT molecular complexity index is 1150. The average Bonchev–Trinajstić information content (AvgIpc) is 2.86. The van der Waals surface area contributed by atoms with Crippen LogP contribution < -0.4 is 10.1 Å². The Kier molecular flexibility index (Phi) is 10.5. The number of nitrogens with one attached hydrogen (secondary N) is 1. The highest BCUT2D eigenvalue weighted by atomic mass is 35.5. The summed E-state index contributed by atoms with van der Waals surface area (Å²) in [6.07, 6.45) is 1.07. The highest BCUT2D eigenvalue weighted by Gasteiger charge is 2.32. The second kappa shape index (κ2) is 13.5. The van der Waals surface area contributed by atoms with Crippen molar-refractivity contribution in [2.24, 2.45) is 0 Å². The molecule has 0 saturated heterocycles. The van der Waals surface area contributed by atoms with Crippen molar-refractivity contribution < 1.29 is 14.3 Å². The van der Waals surface area contributed by atoms with E-state index in [1.165, 1.54) is 4.90 Å². The summed E-state index contributed by atoms with van der Waals surface area (Å²) in [5.74, 6) is -0.186. The Morgan fingerprint density at radius 1 is 0.944 bits per heavy atom. The van der Waals surface area contributed by atoms with Gasteiger partial charge in [-0.2, -0.15) is 0 Å². The standard InChI is InChI=1S/C28H29Cl3N2O3/c1-3-19(2)32-28(35)26(15-20-9-5-4-6-10-20)33(17-23-24(30)13-8-14-25(23)31)27(34)18-36-22-12-7-11-21(29)16-22/h4-14,16,19,26H,3,15,17-18H2,1-2H3,(H,32,35)/t19-,26-/m0/s1. The molecule has 3 aromatic carbocycles. The predicted octanol–water partition coefficient (Wildman–Crippen LogP) is 6.58. The summed E-state index contributed by atoms with van der Waals surface area (Å²) in [7, 11) is 0. The second-order valence-corrected chi connectivity index (χ2v) is 9.74. The lowest BCUT2D eigenvalue weighted by atomic mass is 10.0. The van der Waals surface area contributed by atoms with Gasteiger partial charge in [0.05, 0.1) is 0 Å². The van der Waals surface area contributed by atoms with Crippen LogP contribution in [0.5, 0.6) is 5.75 Å². The van der Waals surface area contributed by atoms with E-state index in [4.69, 9.17) is 39.5 Å². The number of benzene rings is 3. The maximum Gasteiger partial charge on any atom is 0.261 e. The number of nitrogens with zero attached hydrogens (tertiary/aromatic N) is 1. The van der Waals surface area contributed by atoms with Crippen LogP contribution in [-0.2, 0) is 22.6 Å². The summed E-state index contributed by atoms with van der Waals surface area (Å²) in [5.41, 5.74) is 1.48. The van der Waals surface area contributed by atoms with Gasteiger partial charge in [-0.05, 0) is 49.2 Å². The van der Waals surface area contributed by atoms with Crippen molar-refractivity contribution >= 4 is 46.6 Å². The van der Waals surface area contributed by atoms with Crippen molar-refractivity contribution in [3.63, 3.8) is 0 Å². The van der Waals surface area contributed by atoms with Crippen LogP contribution in [0, 0.1) is 0 Å². The maximum atomic E-state index is 13.6. The van der Waals surface area contributed by atoms with Crippen LogP contribution >= 0.6 is 34.8 Å². The molecule has 3 rings (SSSR count).